The van der Waals surface area contributed by atoms with Gasteiger partial charge in [-0.25, -0.2) is 0 Å². The minimum atomic E-state index is -0.695. The van der Waals surface area contributed by atoms with E-state index in [1.165, 1.54) is 0 Å². The molecule has 0 radical (unpaired) electrons. The van der Waals surface area contributed by atoms with Gasteiger partial charge in [-0.2, -0.15) is 5.10 Å². The number of benzene rings is 1. The average molecular weight is 338 g/mol. The Bertz CT molecular complexity index is 689. The van der Waals surface area contributed by atoms with Crippen LogP contribution in [0.2, 0.25) is 5.02 Å². The number of rotatable bonds is 5. The van der Waals surface area contributed by atoms with Gasteiger partial charge >= 0.3 is 0 Å². The smallest absolute Gasteiger partial charge is 0.179 e. The first-order valence-electron chi connectivity index (χ1n) is 7.54. The molecule has 23 heavy (non-hydrogen) atoms. The van der Waals surface area contributed by atoms with E-state index in [0.717, 1.165) is 5.69 Å². The zero-order valence-corrected chi connectivity index (χ0v) is 13.9. The van der Waals surface area contributed by atoms with Crippen LogP contribution in [-0.4, -0.2) is 34.6 Å². The van der Waals surface area contributed by atoms with Gasteiger partial charge in [0, 0.05) is 25.8 Å². The summed E-state index contributed by atoms with van der Waals surface area (Å²) in [6.07, 6.45) is 1.06. The van der Waals surface area contributed by atoms with Crippen molar-refractivity contribution in [3.05, 3.63) is 40.7 Å². The second-order valence-corrected chi connectivity index (χ2v) is 5.96. The van der Waals surface area contributed by atoms with Crippen molar-refractivity contribution in [2.24, 2.45) is 7.05 Å². The summed E-state index contributed by atoms with van der Waals surface area (Å²) in [6.45, 7) is 3.39. The summed E-state index contributed by atoms with van der Waals surface area (Å²) in [7, 11) is 1.89. The normalized spacial score (nSPS) is 16.2. The fourth-order valence-electron chi connectivity index (χ4n) is 2.64. The molecule has 0 saturated heterocycles. The highest BCUT2D eigenvalue weighted by molar-refractivity contribution is 6.32. The van der Waals surface area contributed by atoms with Crippen LogP contribution in [0.25, 0.3) is 0 Å². The van der Waals surface area contributed by atoms with Crippen molar-refractivity contribution in [3.8, 4) is 11.5 Å². The first-order chi connectivity index (χ1) is 11.1. The third-order valence-electron chi connectivity index (χ3n) is 3.92. The first-order valence-corrected chi connectivity index (χ1v) is 7.92. The van der Waals surface area contributed by atoms with Crippen LogP contribution in [0.5, 0.6) is 11.5 Å². The van der Waals surface area contributed by atoms with Crippen molar-refractivity contribution >= 4 is 11.6 Å². The Kier molecular flexibility index (Phi) is 4.75. The summed E-state index contributed by atoms with van der Waals surface area (Å²) >= 11 is 6.21. The van der Waals surface area contributed by atoms with Crippen LogP contribution < -0.4 is 14.8 Å². The van der Waals surface area contributed by atoms with Crippen LogP contribution >= 0.6 is 11.6 Å². The highest BCUT2D eigenvalue weighted by atomic mass is 35.5. The van der Waals surface area contributed by atoms with Gasteiger partial charge in [0.25, 0.3) is 0 Å². The van der Waals surface area contributed by atoms with Gasteiger partial charge in [-0.15, -0.1) is 0 Å². The number of hydrogen-bond acceptors (Lipinski definition) is 5. The highest BCUT2D eigenvalue weighted by Gasteiger charge is 2.20. The Morgan fingerprint density at radius 1 is 1.39 bits per heavy atom. The van der Waals surface area contributed by atoms with Crippen molar-refractivity contribution in [3.63, 3.8) is 0 Å². The fraction of sp³-hybridized carbons (Fsp3) is 0.438. The van der Waals surface area contributed by atoms with Crippen molar-refractivity contribution in [2.75, 3.05) is 19.8 Å². The van der Waals surface area contributed by atoms with Gasteiger partial charge in [-0.1, -0.05) is 11.6 Å². The number of aliphatic hydroxyl groups is 1. The Morgan fingerprint density at radius 3 is 2.91 bits per heavy atom. The molecule has 2 aromatic rings. The van der Waals surface area contributed by atoms with E-state index in [1.54, 1.807) is 18.3 Å². The largest absolute Gasteiger partial charge is 0.486 e. The van der Waals surface area contributed by atoms with E-state index in [4.69, 9.17) is 21.1 Å². The zero-order valence-electron chi connectivity index (χ0n) is 13.1. The number of halogens is 1. The summed E-state index contributed by atoms with van der Waals surface area (Å²) in [4.78, 5) is 0. The number of nitrogens with one attached hydrogen (secondary N) is 1. The second-order valence-electron chi connectivity index (χ2n) is 5.55. The number of aromatic nitrogens is 2. The molecule has 2 N–H and O–H groups in total. The molecular weight excluding hydrogens is 318 g/mol. The van der Waals surface area contributed by atoms with Crippen LogP contribution in [0.1, 0.15) is 30.3 Å². The minimum absolute atomic E-state index is 0.0739. The SMILES string of the molecule is C[C@@H](NC[C@H](O)c1cc(Cl)c2c(c1)OCCO2)c1ccnn1C. The minimum Gasteiger partial charge on any atom is -0.486 e. The number of aryl methyl sites for hydroxylation is 1. The molecule has 2 atom stereocenters. The third kappa shape index (κ3) is 3.44. The molecule has 2 heterocycles. The second kappa shape index (κ2) is 6.78. The molecular formula is C16H20ClN3O3. The van der Waals surface area contributed by atoms with Gasteiger partial charge in [0.05, 0.1) is 16.8 Å². The number of aliphatic hydroxyl groups excluding tert-OH is 1. The lowest BCUT2D eigenvalue weighted by Gasteiger charge is -2.22. The maximum absolute atomic E-state index is 10.4. The molecule has 1 aromatic heterocycles. The summed E-state index contributed by atoms with van der Waals surface area (Å²) in [5, 5.41) is 18.3. The van der Waals surface area contributed by atoms with E-state index in [1.807, 2.05) is 24.7 Å². The summed E-state index contributed by atoms with van der Waals surface area (Å²) in [6, 6.07) is 5.52. The average Bonchev–Trinajstić information content (AvgIpc) is 2.98. The Morgan fingerprint density at radius 2 is 2.17 bits per heavy atom. The summed E-state index contributed by atoms with van der Waals surface area (Å²) in [5.74, 6) is 1.13. The monoisotopic (exact) mass is 337 g/mol. The first kappa shape index (κ1) is 16.1. The van der Waals surface area contributed by atoms with E-state index >= 15 is 0 Å². The van der Waals surface area contributed by atoms with Gasteiger partial charge in [0.1, 0.15) is 13.2 Å². The number of ether oxygens (including phenoxy) is 2. The molecule has 3 rings (SSSR count). The number of nitrogens with zero attached hydrogens (tertiary/aromatic N) is 2. The van der Waals surface area contributed by atoms with Crippen LogP contribution in [0, 0.1) is 0 Å². The Balaban J connectivity index is 1.67. The van der Waals surface area contributed by atoms with Crippen LogP contribution in [0.15, 0.2) is 24.4 Å². The molecule has 0 aliphatic carbocycles. The summed E-state index contributed by atoms with van der Waals surface area (Å²) < 4.78 is 12.8. The molecule has 0 saturated carbocycles. The molecule has 124 valence electrons. The Hall–Kier alpha value is -1.76. The molecule has 0 spiro atoms. The number of hydrogen-bond donors (Lipinski definition) is 2. The topological polar surface area (TPSA) is 68.5 Å². The predicted molar refractivity (Wildman–Crippen MR) is 87.0 cm³/mol. The lowest BCUT2D eigenvalue weighted by molar-refractivity contribution is 0.161. The quantitative estimate of drug-likeness (QED) is 0.875. The van der Waals surface area contributed by atoms with Crippen molar-refractivity contribution in [2.45, 2.75) is 19.1 Å². The molecule has 7 heteroatoms. The molecule has 0 fully saturated rings. The third-order valence-corrected chi connectivity index (χ3v) is 4.20. The van der Waals surface area contributed by atoms with Gasteiger partial charge in [-0.05, 0) is 30.7 Å². The molecule has 1 aromatic carbocycles. The van der Waals surface area contributed by atoms with Gasteiger partial charge in [-0.3, -0.25) is 4.68 Å². The lowest BCUT2D eigenvalue weighted by Crippen LogP contribution is -2.26. The molecule has 6 nitrogen and oxygen atoms in total. The van der Waals surface area contributed by atoms with Gasteiger partial charge in [0.2, 0.25) is 0 Å². The van der Waals surface area contributed by atoms with Crippen molar-refractivity contribution < 1.29 is 14.6 Å². The molecule has 0 bridgehead atoms. The molecule has 0 amide bonds. The van der Waals surface area contributed by atoms with Gasteiger partial charge in [0.15, 0.2) is 11.5 Å². The maximum atomic E-state index is 10.4. The molecule has 1 aliphatic heterocycles. The Labute approximate surface area is 140 Å². The summed E-state index contributed by atoms with van der Waals surface area (Å²) in [5.41, 5.74) is 1.75. The number of fused-ring (bicyclic) bond motifs is 1. The highest BCUT2D eigenvalue weighted by Crippen LogP contribution is 2.39. The van der Waals surface area contributed by atoms with E-state index in [0.29, 0.717) is 41.8 Å². The predicted octanol–water partition coefficient (Wildman–Crippen LogP) is 2.23. The van der Waals surface area contributed by atoms with Crippen LogP contribution in [0.4, 0.5) is 0 Å². The van der Waals surface area contributed by atoms with E-state index in [2.05, 4.69) is 10.4 Å². The fourth-order valence-corrected chi connectivity index (χ4v) is 2.92. The van der Waals surface area contributed by atoms with Crippen LogP contribution in [0.3, 0.4) is 0 Å². The molecule has 0 unspecified atom stereocenters. The van der Waals surface area contributed by atoms with E-state index in [-0.39, 0.29) is 6.04 Å². The maximum Gasteiger partial charge on any atom is 0.179 e. The van der Waals surface area contributed by atoms with Crippen molar-refractivity contribution in [1.29, 1.82) is 0 Å². The molecule has 1 aliphatic rings. The van der Waals surface area contributed by atoms with Crippen LogP contribution in [-0.2, 0) is 7.05 Å². The van der Waals surface area contributed by atoms with E-state index < -0.39 is 6.10 Å². The zero-order chi connectivity index (χ0) is 16.4. The van der Waals surface area contributed by atoms with Crippen molar-refractivity contribution in [1.82, 2.24) is 15.1 Å². The van der Waals surface area contributed by atoms with E-state index in [9.17, 15) is 5.11 Å². The lowest BCUT2D eigenvalue weighted by atomic mass is 10.1. The standard InChI is InChI=1S/C16H20ClN3O3/c1-10(13-3-4-19-20(13)2)18-9-14(21)11-7-12(17)16-15(8-11)22-5-6-23-16/h3-4,7-8,10,14,18,21H,5-6,9H2,1-2H3/t10-,14+/m1/s1. The van der Waals surface area contributed by atoms with Gasteiger partial charge < -0.3 is 19.9 Å².